The number of hydrogen-bond donors (Lipinski definition) is 2. The van der Waals surface area contributed by atoms with Gasteiger partial charge in [0.15, 0.2) is 11.5 Å². The van der Waals surface area contributed by atoms with E-state index in [9.17, 15) is 41.5 Å². The van der Waals surface area contributed by atoms with Crippen LogP contribution >= 0.6 is 0 Å². The molecule has 186 valence electrons. The van der Waals surface area contributed by atoms with Gasteiger partial charge in [-0.2, -0.15) is 28.0 Å². The Kier molecular flexibility index (Phi) is 6.97. The second-order valence-corrected chi connectivity index (χ2v) is 9.49. The molecule has 2 atom stereocenters. The van der Waals surface area contributed by atoms with E-state index < -0.39 is 69.4 Å². The van der Waals surface area contributed by atoms with E-state index in [1.165, 1.54) is 13.2 Å². The van der Waals surface area contributed by atoms with Gasteiger partial charge in [0, 0.05) is 18.7 Å². The second kappa shape index (κ2) is 9.31. The zero-order valence-electron chi connectivity index (χ0n) is 17.9. The molecule has 3 rings (SSSR count). The van der Waals surface area contributed by atoms with Crippen molar-refractivity contribution in [3.05, 3.63) is 52.8 Å². The fourth-order valence-electron chi connectivity index (χ4n) is 3.49. The molecule has 1 aliphatic heterocycles. The lowest BCUT2D eigenvalue weighted by atomic mass is 10.0. The number of methoxy groups -OCH3 is 1. The molecule has 0 saturated carbocycles. The minimum absolute atomic E-state index is 0.112. The molecule has 0 aliphatic carbocycles. The average molecular weight is 515 g/mol. The normalized spacial score (nSPS) is 20.8. The van der Waals surface area contributed by atoms with Gasteiger partial charge in [-0.05, 0) is 18.2 Å². The molecule has 0 bridgehead atoms. The minimum Gasteiger partial charge on any atom is -0.493 e. The Morgan fingerprint density at radius 2 is 1.83 bits per heavy atom. The molecular weight excluding hydrogens is 498 g/mol. The molecule has 35 heavy (non-hydrogen) atoms. The minimum atomic E-state index is -4.81. The van der Waals surface area contributed by atoms with Crippen molar-refractivity contribution >= 4 is 10.0 Å². The fourth-order valence-corrected chi connectivity index (χ4v) is 5.12. The quantitative estimate of drug-likeness (QED) is 0.554. The number of β-amino-alcohol motifs (C(OH)–C–C–N with tert-alkyl or cyclic N) is 1. The first-order valence-electron chi connectivity index (χ1n) is 9.69. The molecule has 1 heterocycles. The predicted octanol–water partition coefficient (Wildman–Crippen LogP) is 1.77. The third kappa shape index (κ3) is 4.87. The largest absolute Gasteiger partial charge is 0.493 e. The Hall–Kier alpha value is -3.43. The van der Waals surface area contributed by atoms with Crippen molar-refractivity contribution in [1.82, 2.24) is 4.31 Å². The van der Waals surface area contributed by atoms with Crippen molar-refractivity contribution in [1.29, 1.82) is 10.5 Å². The lowest BCUT2D eigenvalue weighted by Crippen LogP contribution is -2.48. The number of nitrogens with zero attached hydrogens (tertiary/aromatic N) is 3. The molecule has 0 amide bonds. The number of nitriles is 2. The number of sulfonamides is 1. The molecule has 1 saturated heterocycles. The van der Waals surface area contributed by atoms with Gasteiger partial charge < -0.3 is 19.7 Å². The number of rotatable bonds is 6. The number of alkyl halides is 3. The number of hydrogen-bond acceptors (Lipinski definition) is 8. The van der Waals surface area contributed by atoms with Crippen LogP contribution in [0.15, 0.2) is 35.2 Å². The van der Waals surface area contributed by atoms with Crippen LogP contribution in [0.2, 0.25) is 0 Å². The van der Waals surface area contributed by atoms with E-state index in [4.69, 9.17) is 14.7 Å². The molecule has 2 N–H and O–H groups in total. The van der Waals surface area contributed by atoms with Crippen molar-refractivity contribution in [3.63, 3.8) is 0 Å². The highest BCUT2D eigenvalue weighted by atomic mass is 32.2. The zero-order valence-corrected chi connectivity index (χ0v) is 18.7. The Morgan fingerprint density at radius 1 is 1.17 bits per heavy atom. The predicted molar refractivity (Wildman–Crippen MR) is 109 cm³/mol. The molecule has 2 aromatic carbocycles. The van der Waals surface area contributed by atoms with Gasteiger partial charge in [0.05, 0.1) is 41.8 Å². The van der Waals surface area contributed by atoms with E-state index in [-0.39, 0.29) is 17.1 Å². The smallest absolute Gasteiger partial charge is 0.416 e. The number of aliphatic hydroxyl groups excluding tert-OH is 1. The summed E-state index contributed by atoms with van der Waals surface area (Å²) in [5.74, 6) is -1.40. The maximum Gasteiger partial charge on any atom is 0.416 e. The highest BCUT2D eigenvalue weighted by Crippen LogP contribution is 2.37. The van der Waals surface area contributed by atoms with Crippen molar-refractivity contribution in [3.8, 4) is 23.6 Å². The molecule has 0 aromatic heterocycles. The summed E-state index contributed by atoms with van der Waals surface area (Å²) >= 11 is 0. The topological polar surface area (TPSA) is 144 Å². The molecular formula is C21H17F4N3O6S. The number of aliphatic hydroxyl groups is 2. The van der Waals surface area contributed by atoms with Crippen molar-refractivity contribution < 1.29 is 45.7 Å². The van der Waals surface area contributed by atoms with Gasteiger partial charge in [-0.3, -0.25) is 0 Å². The van der Waals surface area contributed by atoms with Crippen LogP contribution in [0.25, 0.3) is 0 Å². The monoisotopic (exact) mass is 515 g/mol. The highest BCUT2D eigenvalue weighted by Gasteiger charge is 2.51. The Labute approximate surface area is 197 Å². The maximum absolute atomic E-state index is 14.1. The van der Waals surface area contributed by atoms with Gasteiger partial charge in [0.1, 0.15) is 29.7 Å². The Bertz CT molecular complexity index is 1340. The number of halogens is 4. The Morgan fingerprint density at radius 3 is 2.37 bits per heavy atom. The van der Waals surface area contributed by atoms with Crippen LogP contribution in [0.1, 0.15) is 16.7 Å². The van der Waals surface area contributed by atoms with Gasteiger partial charge in [-0.1, -0.05) is 0 Å². The van der Waals surface area contributed by atoms with Crippen LogP contribution in [-0.4, -0.2) is 61.4 Å². The van der Waals surface area contributed by atoms with Crippen LogP contribution in [-0.2, 0) is 16.2 Å². The van der Waals surface area contributed by atoms with Crippen LogP contribution in [0, 0.1) is 28.5 Å². The second-order valence-electron chi connectivity index (χ2n) is 7.58. The summed E-state index contributed by atoms with van der Waals surface area (Å²) in [6, 6.07) is 6.35. The lowest BCUT2D eigenvalue weighted by molar-refractivity contribution is -0.137. The van der Waals surface area contributed by atoms with Gasteiger partial charge in [-0.25, -0.2) is 12.8 Å². The molecule has 0 radical (unpaired) electrons. The van der Waals surface area contributed by atoms with Gasteiger partial charge in [0.25, 0.3) is 0 Å². The summed E-state index contributed by atoms with van der Waals surface area (Å²) in [4.78, 5) is -0.740. The first-order valence-corrected chi connectivity index (χ1v) is 11.1. The molecule has 0 spiro atoms. The summed E-state index contributed by atoms with van der Waals surface area (Å²) in [6.45, 7) is -2.36. The summed E-state index contributed by atoms with van der Waals surface area (Å²) in [5, 5.41) is 38.8. The summed E-state index contributed by atoms with van der Waals surface area (Å²) in [5.41, 5.74) is -4.57. The maximum atomic E-state index is 14.1. The molecule has 9 nitrogen and oxygen atoms in total. The fraction of sp³-hybridized carbons (Fsp3) is 0.333. The Balaban J connectivity index is 1.98. The first-order chi connectivity index (χ1) is 16.3. The molecule has 14 heteroatoms. The summed E-state index contributed by atoms with van der Waals surface area (Å²) in [7, 11) is -3.45. The van der Waals surface area contributed by atoms with Crippen LogP contribution < -0.4 is 9.47 Å². The van der Waals surface area contributed by atoms with E-state index in [0.717, 1.165) is 12.1 Å². The van der Waals surface area contributed by atoms with Gasteiger partial charge in [-0.15, -0.1) is 0 Å². The van der Waals surface area contributed by atoms with Gasteiger partial charge >= 0.3 is 6.18 Å². The molecule has 0 unspecified atom stereocenters. The number of ether oxygens (including phenoxy) is 2. The van der Waals surface area contributed by atoms with E-state index in [0.29, 0.717) is 22.5 Å². The van der Waals surface area contributed by atoms with E-state index in [1.807, 2.05) is 0 Å². The SMILES string of the molecule is COc1cc(C#N)c(F)cc1O[C@H]1CN(S(=O)(=O)c2ccc(C(F)(F)F)cc2C#N)C[C@@]1(O)CO. The van der Waals surface area contributed by atoms with Crippen LogP contribution in [0.3, 0.4) is 0 Å². The lowest BCUT2D eigenvalue weighted by Gasteiger charge is -2.27. The molecule has 1 aliphatic rings. The van der Waals surface area contributed by atoms with Crippen molar-refractivity contribution in [2.75, 3.05) is 26.8 Å². The van der Waals surface area contributed by atoms with Crippen LogP contribution in [0.4, 0.5) is 17.6 Å². The van der Waals surface area contributed by atoms with Gasteiger partial charge in [0.2, 0.25) is 10.0 Å². The van der Waals surface area contributed by atoms with Crippen molar-refractivity contribution in [2.45, 2.75) is 22.8 Å². The third-order valence-corrected chi connectivity index (χ3v) is 7.25. The number of benzene rings is 2. The average Bonchev–Trinajstić information content (AvgIpc) is 3.15. The standard InChI is InChI=1S/C21H17F4N3O6S/c1-33-16-5-12(7-26)15(22)6-17(16)34-19-9-28(10-20(19,30)11-29)35(31,32)18-3-2-14(21(23,24)25)4-13(18)8-27/h2-6,19,29-30H,9-11H2,1H3/t19-,20+/m0/s1. The van der Waals surface area contributed by atoms with Crippen LogP contribution in [0.5, 0.6) is 11.5 Å². The highest BCUT2D eigenvalue weighted by molar-refractivity contribution is 7.89. The van der Waals surface area contributed by atoms with E-state index in [2.05, 4.69) is 0 Å². The summed E-state index contributed by atoms with van der Waals surface area (Å²) in [6.07, 6.45) is -6.30. The third-order valence-electron chi connectivity index (χ3n) is 5.38. The molecule has 2 aromatic rings. The first kappa shape index (κ1) is 26.2. The van der Waals surface area contributed by atoms with E-state index in [1.54, 1.807) is 6.07 Å². The zero-order chi connectivity index (χ0) is 26.2. The summed E-state index contributed by atoms with van der Waals surface area (Å²) < 4.78 is 90.6. The molecule has 1 fully saturated rings. The van der Waals surface area contributed by atoms with E-state index >= 15 is 0 Å². The van der Waals surface area contributed by atoms with Crippen molar-refractivity contribution in [2.24, 2.45) is 0 Å².